The second kappa shape index (κ2) is 6.34. The zero-order valence-corrected chi connectivity index (χ0v) is 12.3. The van der Waals surface area contributed by atoms with Crippen LogP contribution in [-0.2, 0) is 6.54 Å². The van der Waals surface area contributed by atoms with Crippen molar-refractivity contribution in [2.24, 2.45) is 4.99 Å². The van der Waals surface area contributed by atoms with Gasteiger partial charge in [-0.15, -0.1) is 0 Å². The maximum Gasteiger partial charge on any atom is 0.291 e. The number of hydrogen-bond donors (Lipinski definition) is 3. The van der Waals surface area contributed by atoms with Crippen LogP contribution in [0.25, 0.3) is 0 Å². The molecule has 1 atom stereocenters. The summed E-state index contributed by atoms with van der Waals surface area (Å²) in [6, 6.07) is 11.4. The largest absolute Gasteiger partial charge is 0.459 e. The third-order valence-corrected chi connectivity index (χ3v) is 3.32. The van der Waals surface area contributed by atoms with Crippen LogP contribution in [0, 0.1) is 0 Å². The summed E-state index contributed by atoms with van der Waals surface area (Å²) in [6.45, 7) is 3.58. The van der Waals surface area contributed by atoms with Gasteiger partial charge in [-0.25, -0.2) is 0 Å². The van der Waals surface area contributed by atoms with Crippen molar-refractivity contribution >= 4 is 17.6 Å². The molecule has 2 heterocycles. The summed E-state index contributed by atoms with van der Waals surface area (Å²) in [4.78, 5) is 16.2. The van der Waals surface area contributed by atoms with E-state index in [0.29, 0.717) is 18.3 Å². The van der Waals surface area contributed by atoms with E-state index >= 15 is 0 Å². The van der Waals surface area contributed by atoms with Crippen molar-refractivity contribution in [3.8, 4) is 0 Å². The van der Waals surface area contributed by atoms with E-state index in [9.17, 15) is 4.79 Å². The number of guanidine groups is 1. The molecule has 1 aliphatic heterocycles. The van der Waals surface area contributed by atoms with E-state index in [1.807, 2.05) is 24.3 Å². The molecule has 0 bridgehead atoms. The third kappa shape index (κ3) is 3.46. The Morgan fingerprint density at radius 3 is 2.82 bits per heavy atom. The highest BCUT2D eigenvalue weighted by Crippen LogP contribution is 2.11. The van der Waals surface area contributed by atoms with Crippen LogP contribution in [0.1, 0.15) is 23.0 Å². The molecule has 1 aliphatic rings. The fourth-order valence-electron chi connectivity index (χ4n) is 2.15. The minimum atomic E-state index is -0.255. The van der Waals surface area contributed by atoms with Gasteiger partial charge in [0.15, 0.2) is 11.7 Å². The van der Waals surface area contributed by atoms with Gasteiger partial charge in [0.05, 0.1) is 12.8 Å². The van der Waals surface area contributed by atoms with E-state index < -0.39 is 0 Å². The molecule has 0 radical (unpaired) electrons. The second-order valence-corrected chi connectivity index (χ2v) is 5.22. The van der Waals surface area contributed by atoms with Gasteiger partial charge in [-0.3, -0.25) is 9.79 Å². The summed E-state index contributed by atoms with van der Waals surface area (Å²) in [7, 11) is 0. The lowest BCUT2D eigenvalue weighted by molar-refractivity contribution is 0.0996. The molecule has 0 fully saturated rings. The molecule has 6 heteroatoms. The lowest BCUT2D eigenvalue weighted by Gasteiger charge is -2.09. The highest BCUT2D eigenvalue weighted by atomic mass is 16.3. The number of nitrogens with zero attached hydrogens (tertiary/aromatic N) is 1. The average Bonchev–Trinajstić information content (AvgIpc) is 3.18. The normalized spacial score (nSPS) is 16.8. The third-order valence-electron chi connectivity index (χ3n) is 3.32. The number of aliphatic imine (C=N–C) groups is 1. The number of rotatable bonds is 4. The predicted octanol–water partition coefficient (Wildman–Crippen LogP) is 1.97. The van der Waals surface area contributed by atoms with E-state index in [1.165, 1.54) is 6.26 Å². The molecule has 1 aromatic heterocycles. The standard InChI is InChI=1S/C16H18N4O2/c1-11-9-17-16(19-11)18-10-12-4-6-13(7-5-12)20-15(21)14-3-2-8-22-14/h2-8,11H,9-10H2,1H3,(H,20,21)(H2,17,18,19). The molecule has 114 valence electrons. The summed E-state index contributed by atoms with van der Waals surface area (Å²) in [6.07, 6.45) is 1.48. The highest BCUT2D eigenvalue weighted by Gasteiger charge is 2.11. The molecule has 1 aromatic carbocycles. The molecule has 22 heavy (non-hydrogen) atoms. The lowest BCUT2D eigenvalue weighted by atomic mass is 10.2. The number of hydrogen-bond acceptors (Lipinski definition) is 5. The Hall–Kier alpha value is -2.76. The Balaban J connectivity index is 1.53. The van der Waals surface area contributed by atoms with Crippen LogP contribution >= 0.6 is 0 Å². The minimum absolute atomic E-state index is 0.255. The number of furan rings is 1. The van der Waals surface area contributed by atoms with Gasteiger partial charge in [0.2, 0.25) is 0 Å². The summed E-state index contributed by atoms with van der Waals surface area (Å²) in [5.74, 6) is 0.877. The van der Waals surface area contributed by atoms with Crippen LogP contribution in [0.15, 0.2) is 52.1 Å². The first-order chi connectivity index (χ1) is 10.7. The van der Waals surface area contributed by atoms with Crippen molar-refractivity contribution in [3.63, 3.8) is 0 Å². The van der Waals surface area contributed by atoms with Crippen molar-refractivity contribution < 1.29 is 9.21 Å². The smallest absolute Gasteiger partial charge is 0.291 e. The van der Waals surface area contributed by atoms with E-state index in [1.54, 1.807) is 12.1 Å². The number of carbonyl (C=O) groups excluding carboxylic acids is 1. The molecule has 1 unspecified atom stereocenters. The minimum Gasteiger partial charge on any atom is -0.459 e. The van der Waals surface area contributed by atoms with Crippen molar-refractivity contribution in [2.45, 2.75) is 19.5 Å². The van der Waals surface area contributed by atoms with Crippen LogP contribution in [0.2, 0.25) is 0 Å². The SMILES string of the molecule is CC1CN=C(NCc2ccc(NC(=O)c3ccco3)cc2)N1. The predicted molar refractivity (Wildman–Crippen MR) is 84.8 cm³/mol. The Bertz CT molecular complexity index is 662. The second-order valence-electron chi connectivity index (χ2n) is 5.22. The molecule has 3 rings (SSSR count). The first kappa shape index (κ1) is 14.2. The van der Waals surface area contributed by atoms with Crippen molar-refractivity contribution in [1.82, 2.24) is 10.6 Å². The molecule has 3 N–H and O–H groups in total. The molecule has 0 aliphatic carbocycles. The summed E-state index contributed by atoms with van der Waals surface area (Å²) < 4.78 is 5.05. The zero-order chi connectivity index (χ0) is 15.4. The molecule has 0 spiro atoms. The Labute approximate surface area is 128 Å². The summed E-state index contributed by atoms with van der Waals surface area (Å²) >= 11 is 0. The van der Waals surface area contributed by atoms with Crippen molar-refractivity contribution in [3.05, 3.63) is 54.0 Å². The van der Waals surface area contributed by atoms with Gasteiger partial charge in [0.1, 0.15) is 0 Å². The van der Waals surface area contributed by atoms with Crippen molar-refractivity contribution in [1.29, 1.82) is 0 Å². The van der Waals surface area contributed by atoms with Crippen LogP contribution in [0.5, 0.6) is 0 Å². The van der Waals surface area contributed by atoms with E-state index in [2.05, 4.69) is 27.9 Å². The van der Waals surface area contributed by atoms with Crippen LogP contribution in [0.4, 0.5) is 5.69 Å². The molecule has 0 saturated heterocycles. The fraction of sp³-hybridized carbons (Fsp3) is 0.250. The van der Waals surface area contributed by atoms with Crippen LogP contribution in [-0.4, -0.2) is 24.5 Å². The van der Waals surface area contributed by atoms with Gasteiger partial charge in [-0.1, -0.05) is 12.1 Å². The molecular formula is C16H18N4O2. The first-order valence-electron chi connectivity index (χ1n) is 7.19. The number of anilines is 1. The van der Waals surface area contributed by atoms with E-state index in [-0.39, 0.29) is 5.91 Å². The average molecular weight is 298 g/mol. The maximum atomic E-state index is 11.8. The molecule has 1 amide bonds. The Morgan fingerprint density at radius 2 is 2.18 bits per heavy atom. The monoisotopic (exact) mass is 298 g/mol. The zero-order valence-electron chi connectivity index (χ0n) is 12.3. The summed E-state index contributed by atoms with van der Waals surface area (Å²) in [5.41, 5.74) is 1.84. The van der Waals surface area contributed by atoms with Gasteiger partial charge in [0.25, 0.3) is 5.91 Å². The number of amides is 1. The van der Waals surface area contributed by atoms with E-state index in [0.717, 1.165) is 23.8 Å². The van der Waals surface area contributed by atoms with Crippen molar-refractivity contribution in [2.75, 3.05) is 11.9 Å². The molecule has 2 aromatic rings. The molecular weight excluding hydrogens is 280 g/mol. The van der Waals surface area contributed by atoms with Gasteiger partial charge >= 0.3 is 0 Å². The number of carbonyl (C=O) groups is 1. The Morgan fingerprint density at radius 1 is 1.36 bits per heavy atom. The van der Waals surface area contributed by atoms with Gasteiger partial charge < -0.3 is 20.4 Å². The summed E-state index contributed by atoms with van der Waals surface area (Å²) in [5, 5.41) is 9.28. The van der Waals surface area contributed by atoms with Gasteiger partial charge in [-0.05, 0) is 36.8 Å². The molecule has 0 saturated carbocycles. The maximum absolute atomic E-state index is 11.8. The van der Waals surface area contributed by atoms with E-state index in [4.69, 9.17) is 4.42 Å². The first-order valence-corrected chi connectivity index (χ1v) is 7.19. The van der Waals surface area contributed by atoms with Gasteiger partial charge in [-0.2, -0.15) is 0 Å². The fourth-order valence-corrected chi connectivity index (χ4v) is 2.15. The van der Waals surface area contributed by atoms with Crippen LogP contribution in [0.3, 0.4) is 0 Å². The topological polar surface area (TPSA) is 78.7 Å². The highest BCUT2D eigenvalue weighted by molar-refractivity contribution is 6.02. The Kier molecular flexibility index (Phi) is 4.09. The quantitative estimate of drug-likeness (QED) is 0.806. The number of nitrogens with one attached hydrogen (secondary N) is 3. The lowest BCUT2D eigenvalue weighted by Crippen LogP contribution is -2.37. The molecule has 6 nitrogen and oxygen atoms in total. The van der Waals surface area contributed by atoms with Gasteiger partial charge in [0, 0.05) is 18.3 Å². The number of benzene rings is 1. The van der Waals surface area contributed by atoms with Crippen LogP contribution < -0.4 is 16.0 Å².